The fourth-order valence-corrected chi connectivity index (χ4v) is 1.83. The van der Waals surface area contributed by atoms with Gasteiger partial charge in [0.15, 0.2) is 0 Å². The predicted octanol–water partition coefficient (Wildman–Crippen LogP) is 1.13. The molecule has 1 aromatic rings. The highest BCUT2D eigenvalue weighted by Gasteiger charge is 2.18. The van der Waals surface area contributed by atoms with E-state index in [9.17, 15) is 0 Å². The molecule has 0 aliphatic carbocycles. The third-order valence-corrected chi connectivity index (χ3v) is 2.79. The summed E-state index contributed by atoms with van der Waals surface area (Å²) >= 11 is 0. The van der Waals surface area contributed by atoms with Crippen LogP contribution in [0.4, 0.5) is 0 Å². The van der Waals surface area contributed by atoms with Gasteiger partial charge >= 0.3 is 0 Å². The van der Waals surface area contributed by atoms with Crippen LogP contribution in [0.1, 0.15) is 37.8 Å². The van der Waals surface area contributed by atoms with E-state index in [2.05, 4.69) is 15.6 Å². The van der Waals surface area contributed by atoms with Gasteiger partial charge in [-0.3, -0.25) is 0 Å². The van der Waals surface area contributed by atoms with E-state index in [1.54, 1.807) is 7.11 Å². The number of ether oxygens (including phenoxy) is 2. The quantitative estimate of drug-likeness (QED) is 0.671. The first-order valence-electron chi connectivity index (χ1n) is 6.41. The molecule has 104 valence electrons. The minimum atomic E-state index is -0.00422. The SMILES string of the molecule is CCOCCCn1nnc(CNC)c1C(C)OC. The molecule has 6 nitrogen and oxygen atoms in total. The standard InChI is InChI=1S/C12H24N4O2/c1-5-18-8-6-7-16-12(10(2)17-4)11(9-13-3)14-15-16/h10,13H,5-9H2,1-4H3. The highest BCUT2D eigenvalue weighted by atomic mass is 16.5. The molecule has 0 aromatic carbocycles. The lowest BCUT2D eigenvalue weighted by Gasteiger charge is -2.13. The fourth-order valence-electron chi connectivity index (χ4n) is 1.83. The molecule has 0 radical (unpaired) electrons. The van der Waals surface area contributed by atoms with Crippen LogP contribution in [-0.4, -0.2) is 42.4 Å². The van der Waals surface area contributed by atoms with Gasteiger partial charge in [-0.1, -0.05) is 5.21 Å². The van der Waals surface area contributed by atoms with Gasteiger partial charge in [-0.15, -0.1) is 5.10 Å². The summed E-state index contributed by atoms with van der Waals surface area (Å²) in [6.07, 6.45) is 0.926. The van der Waals surface area contributed by atoms with Gasteiger partial charge in [0.25, 0.3) is 0 Å². The number of nitrogens with one attached hydrogen (secondary N) is 1. The zero-order valence-electron chi connectivity index (χ0n) is 11.8. The van der Waals surface area contributed by atoms with E-state index in [0.29, 0.717) is 6.54 Å². The Hall–Kier alpha value is -0.980. The van der Waals surface area contributed by atoms with Crippen molar-refractivity contribution in [2.75, 3.05) is 27.4 Å². The lowest BCUT2D eigenvalue weighted by atomic mass is 10.2. The number of nitrogens with zero attached hydrogens (tertiary/aromatic N) is 3. The van der Waals surface area contributed by atoms with Crippen LogP contribution in [-0.2, 0) is 22.6 Å². The van der Waals surface area contributed by atoms with Gasteiger partial charge < -0.3 is 14.8 Å². The van der Waals surface area contributed by atoms with Crippen molar-refractivity contribution in [1.82, 2.24) is 20.3 Å². The number of rotatable bonds is 9. The van der Waals surface area contributed by atoms with Crippen molar-refractivity contribution in [3.05, 3.63) is 11.4 Å². The van der Waals surface area contributed by atoms with E-state index in [-0.39, 0.29) is 6.10 Å². The van der Waals surface area contributed by atoms with E-state index >= 15 is 0 Å². The Balaban J connectivity index is 2.70. The smallest absolute Gasteiger partial charge is 0.102 e. The van der Waals surface area contributed by atoms with Gasteiger partial charge in [-0.25, -0.2) is 4.68 Å². The van der Waals surface area contributed by atoms with Gasteiger partial charge in [0.05, 0.1) is 11.8 Å². The van der Waals surface area contributed by atoms with Crippen molar-refractivity contribution >= 4 is 0 Å². The molecule has 0 saturated carbocycles. The molecular weight excluding hydrogens is 232 g/mol. The summed E-state index contributed by atoms with van der Waals surface area (Å²) in [5, 5.41) is 11.5. The minimum Gasteiger partial charge on any atom is -0.382 e. The van der Waals surface area contributed by atoms with Crippen molar-refractivity contribution in [3.8, 4) is 0 Å². The van der Waals surface area contributed by atoms with Crippen LogP contribution in [0.2, 0.25) is 0 Å². The minimum absolute atomic E-state index is 0.00422. The molecule has 0 aliphatic heterocycles. The molecule has 1 N–H and O–H groups in total. The average Bonchev–Trinajstić information content (AvgIpc) is 2.77. The molecule has 1 aromatic heterocycles. The molecule has 1 heterocycles. The summed E-state index contributed by atoms with van der Waals surface area (Å²) < 4.78 is 12.6. The Morgan fingerprint density at radius 1 is 1.44 bits per heavy atom. The van der Waals surface area contributed by atoms with Crippen LogP contribution in [0.15, 0.2) is 0 Å². The summed E-state index contributed by atoms with van der Waals surface area (Å²) in [6.45, 7) is 7.02. The molecule has 1 atom stereocenters. The number of aromatic nitrogens is 3. The molecule has 18 heavy (non-hydrogen) atoms. The number of methoxy groups -OCH3 is 1. The van der Waals surface area contributed by atoms with Crippen molar-refractivity contribution in [2.24, 2.45) is 0 Å². The first kappa shape index (κ1) is 15.1. The second kappa shape index (κ2) is 8.18. The van der Waals surface area contributed by atoms with E-state index in [1.165, 1.54) is 0 Å². The van der Waals surface area contributed by atoms with Crippen LogP contribution >= 0.6 is 0 Å². The molecule has 6 heteroatoms. The van der Waals surface area contributed by atoms with Crippen molar-refractivity contribution in [3.63, 3.8) is 0 Å². The molecule has 0 bridgehead atoms. The molecule has 1 rings (SSSR count). The monoisotopic (exact) mass is 256 g/mol. The van der Waals surface area contributed by atoms with Gasteiger partial charge in [0.2, 0.25) is 0 Å². The van der Waals surface area contributed by atoms with E-state index in [4.69, 9.17) is 9.47 Å². The normalized spacial score (nSPS) is 12.9. The third kappa shape index (κ3) is 4.04. The first-order valence-corrected chi connectivity index (χ1v) is 6.41. The van der Waals surface area contributed by atoms with E-state index in [0.717, 1.165) is 37.6 Å². The predicted molar refractivity (Wildman–Crippen MR) is 69.3 cm³/mol. The maximum absolute atomic E-state index is 5.39. The Kier molecular flexibility index (Phi) is 6.85. The van der Waals surface area contributed by atoms with Gasteiger partial charge in [0, 0.05) is 33.4 Å². The Morgan fingerprint density at radius 2 is 2.22 bits per heavy atom. The molecule has 0 spiro atoms. The van der Waals surface area contributed by atoms with Crippen molar-refractivity contribution in [1.29, 1.82) is 0 Å². The molecule has 0 aliphatic rings. The molecule has 1 unspecified atom stereocenters. The second-order valence-corrected chi connectivity index (χ2v) is 4.10. The van der Waals surface area contributed by atoms with E-state index in [1.807, 2.05) is 25.6 Å². The summed E-state index contributed by atoms with van der Waals surface area (Å²) in [7, 11) is 3.60. The summed E-state index contributed by atoms with van der Waals surface area (Å²) in [5.41, 5.74) is 1.99. The van der Waals surface area contributed by atoms with Crippen LogP contribution in [0.25, 0.3) is 0 Å². The van der Waals surface area contributed by atoms with Crippen LogP contribution in [0, 0.1) is 0 Å². The van der Waals surface area contributed by atoms with Gasteiger partial charge in [-0.2, -0.15) is 0 Å². The number of hydrogen-bond donors (Lipinski definition) is 1. The fraction of sp³-hybridized carbons (Fsp3) is 0.833. The summed E-state index contributed by atoms with van der Waals surface area (Å²) in [5.74, 6) is 0. The van der Waals surface area contributed by atoms with Gasteiger partial charge in [-0.05, 0) is 27.3 Å². The lowest BCUT2D eigenvalue weighted by molar-refractivity contribution is 0.108. The second-order valence-electron chi connectivity index (χ2n) is 4.10. The van der Waals surface area contributed by atoms with Gasteiger partial charge in [0.1, 0.15) is 5.69 Å². The zero-order chi connectivity index (χ0) is 13.4. The van der Waals surface area contributed by atoms with Crippen molar-refractivity contribution < 1.29 is 9.47 Å². The third-order valence-electron chi connectivity index (χ3n) is 2.79. The highest BCUT2D eigenvalue weighted by Crippen LogP contribution is 2.19. The van der Waals surface area contributed by atoms with E-state index < -0.39 is 0 Å². The number of aryl methyl sites for hydroxylation is 1. The molecular formula is C12H24N4O2. The highest BCUT2D eigenvalue weighted by molar-refractivity contribution is 5.12. The summed E-state index contributed by atoms with van der Waals surface area (Å²) in [4.78, 5) is 0. The Labute approximate surface area is 109 Å². The molecule has 0 fully saturated rings. The first-order chi connectivity index (χ1) is 8.74. The van der Waals surface area contributed by atoms with Crippen LogP contribution in [0.3, 0.4) is 0 Å². The average molecular weight is 256 g/mol. The lowest BCUT2D eigenvalue weighted by Crippen LogP contribution is -2.14. The Bertz CT molecular complexity index is 341. The number of hydrogen-bond acceptors (Lipinski definition) is 5. The maximum atomic E-state index is 5.39. The Morgan fingerprint density at radius 3 is 2.83 bits per heavy atom. The topological polar surface area (TPSA) is 61.2 Å². The maximum Gasteiger partial charge on any atom is 0.102 e. The summed E-state index contributed by atoms with van der Waals surface area (Å²) in [6, 6.07) is 0. The zero-order valence-corrected chi connectivity index (χ0v) is 11.8. The van der Waals surface area contributed by atoms with Crippen molar-refractivity contribution in [2.45, 2.75) is 39.5 Å². The van der Waals surface area contributed by atoms with Crippen LogP contribution in [0.5, 0.6) is 0 Å². The molecule has 0 saturated heterocycles. The largest absolute Gasteiger partial charge is 0.382 e. The molecule has 0 amide bonds. The van der Waals surface area contributed by atoms with Crippen LogP contribution < -0.4 is 5.32 Å².